The first-order valence-corrected chi connectivity index (χ1v) is 7.83. The fourth-order valence-corrected chi connectivity index (χ4v) is 2.82. The van der Waals surface area contributed by atoms with Crippen LogP contribution >= 0.6 is 11.6 Å². The molecule has 2 aromatic rings. The van der Waals surface area contributed by atoms with Gasteiger partial charge in [0.1, 0.15) is 0 Å². The van der Waals surface area contributed by atoms with Gasteiger partial charge in [0.25, 0.3) is 0 Å². The van der Waals surface area contributed by atoms with E-state index in [1.54, 1.807) is 12.1 Å². The van der Waals surface area contributed by atoms with Crippen LogP contribution in [0.25, 0.3) is 11.1 Å². The van der Waals surface area contributed by atoms with Gasteiger partial charge < -0.3 is 14.6 Å². The maximum absolute atomic E-state index is 12.1. The van der Waals surface area contributed by atoms with Crippen LogP contribution in [0.4, 0.5) is 0 Å². The number of ketones is 1. The van der Waals surface area contributed by atoms with E-state index in [2.05, 4.69) is 0 Å². The van der Waals surface area contributed by atoms with Crippen molar-refractivity contribution in [2.75, 3.05) is 13.2 Å². The summed E-state index contributed by atoms with van der Waals surface area (Å²) in [4.78, 5) is 23.6. The number of fused-ring (bicyclic) bond motifs is 1. The number of carboxylic acids is 1. The molecule has 0 atom stereocenters. The highest BCUT2D eigenvalue weighted by atomic mass is 35.5. The van der Waals surface area contributed by atoms with Gasteiger partial charge in [-0.25, -0.2) is 4.79 Å². The predicted molar refractivity (Wildman–Crippen MR) is 89.5 cm³/mol. The number of hydrogen-bond acceptors (Lipinski definition) is 4. The first-order chi connectivity index (χ1) is 11.5. The molecule has 1 heterocycles. The Morgan fingerprint density at radius 1 is 1.00 bits per heavy atom. The molecule has 1 aliphatic heterocycles. The van der Waals surface area contributed by atoms with Gasteiger partial charge in [-0.05, 0) is 48.4 Å². The van der Waals surface area contributed by atoms with Crippen LogP contribution in [0.1, 0.15) is 34.1 Å². The summed E-state index contributed by atoms with van der Waals surface area (Å²) in [6.07, 6.45) is 0.733. The van der Waals surface area contributed by atoms with Crippen molar-refractivity contribution < 1.29 is 24.2 Å². The Hall–Kier alpha value is -2.53. The Bertz CT molecular complexity index is 828. The largest absolute Gasteiger partial charge is 0.490 e. The van der Waals surface area contributed by atoms with E-state index in [1.165, 1.54) is 25.1 Å². The monoisotopic (exact) mass is 346 g/mol. The Morgan fingerprint density at radius 3 is 2.25 bits per heavy atom. The van der Waals surface area contributed by atoms with Gasteiger partial charge in [0.15, 0.2) is 17.3 Å². The van der Waals surface area contributed by atoms with Crippen molar-refractivity contribution in [1.29, 1.82) is 0 Å². The highest BCUT2D eigenvalue weighted by Crippen LogP contribution is 2.39. The van der Waals surface area contributed by atoms with Crippen LogP contribution in [-0.4, -0.2) is 30.1 Å². The topological polar surface area (TPSA) is 72.8 Å². The summed E-state index contributed by atoms with van der Waals surface area (Å²) >= 11 is 6.04. The van der Waals surface area contributed by atoms with Gasteiger partial charge in [-0.1, -0.05) is 11.6 Å². The number of carbonyl (C=O) groups is 2. The van der Waals surface area contributed by atoms with E-state index in [-0.39, 0.29) is 11.3 Å². The summed E-state index contributed by atoms with van der Waals surface area (Å²) in [6.45, 7) is 2.42. The van der Waals surface area contributed by atoms with E-state index in [4.69, 9.17) is 21.1 Å². The lowest BCUT2D eigenvalue weighted by atomic mass is 9.93. The van der Waals surface area contributed by atoms with Crippen molar-refractivity contribution >= 4 is 23.4 Å². The molecule has 0 amide bonds. The molecule has 0 radical (unpaired) electrons. The average molecular weight is 347 g/mol. The van der Waals surface area contributed by atoms with Gasteiger partial charge in [-0.3, -0.25) is 4.79 Å². The second-order valence-electron chi connectivity index (χ2n) is 5.45. The van der Waals surface area contributed by atoms with Gasteiger partial charge in [0, 0.05) is 17.0 Å². The smallest absolute Gasteiger partial charge is 0.336 e. The molecule has 0 spiro atoms. The van der Waals surface area contributed by atoms with Crippen LogP contribution in [0.15, 0.2) is 30.3 Å². The zero-order valence-electron chi connectivity index (χ0n) is 13.0. The molecule has 1 N–H and O–H groups in total. The number of aromatic carboxylic acids is 1. The van der Waals surface area contributed by atoms with E-state index in [0.717, 1.165) is 6.42 Å². The van der Waals surface area contributed by atoms with Crippen molar-refractivity contribution in [1.82, 2.24) is 0 Å². The van der Waals surface area contributed by atoms with Gasteiger partial charge in [0.2, 0.25) is 0 Å². The minimum atomic E-state index is -1.09. The molecule has 0 fully saturated rings. The molecule has 6 heteroatoms. The minimum absolute atomic E-state index is 0.0661. The van der Waals surface area contributed by atoms with E-state index in [9.17, 15) is 14.7 Å². The Morgan fingerprint density at radius 2 is 1.62 bits per heavy atom. The maximum Gasteiger partial charge on any atom is 0.336 e. The first kappa shape index (κ1) is 16.3. The number of carbonyl (C=O) groups excluding carboxylic acids is 1. The van der Waals surface area contributed by atoms with Gasteiger partial charge in [-0.2, -0.15) is 0 Å². The van der Waals surface area contributed by atoms with Crippen LogP contribution in [0.3, 0.4) is 0 Å². The molecule has 3 rings (SSSR count). The number of halogens is 1. The third-order valence-electron chi connectivity index (χ3n) is 3.77. The van der Waals surface area contributed by atoms with E-state index in [1.807, 2.05) is 0 Å². The van der Waals surface area contributed by atoms with Crippen LogP contribution in [-0.2, 0) is 0 Å². The molecule has 0 saturated heterocycles. The minimum Gasteiger partial charge on any atom is -0.490 e. The lowest BCUT2D eigenvalue weighted by molar-refractivity contribution is 0.0697. The second kappa shape index (κ2) is 6.53. The Labute approximate surface area is 143 Å². The summed E-state index contributed by atoms with van der Waals surface area (Å²) in [6, 6.07) is 7.72. The van der Waals surface area contributed by atoms with Gasteiger partial charge in [-0.15, -0.1) is 0 Å². The highest BCUT2D eigenvalue weighted by molar-refractivity contribution is 6.31. The number of benzene rings is 2. The number of rotatable bonds is 3. The zero-order valence-corrected chi connectivity index (χ0v) is 13.7. The number of hydrogen-bond donors (Lipinski definition) is 1. The molecule has 124 valence electrons. The molecule has 0 aliphatic carbocycles. The molecule has 0 saturated carbocycles. The normalized spacial score (nSPS) is 13.2. The van der Waals surface area contributed by atoms with Crippen molar-refractivity contribution in [2.45, 2.75) is 13.3 Å². The fourth-order valence-electron chi connectivity index (χ4n) is 2.65. The summed E-state index contributed by atoms with van der Waals surface area (Å²) in [7, 11) is 0. The van der Waals surface area contributed by atoms with Crippen molar-refractivity contribution in [2.24, 2.45) is 0 Å². The molecule has 24 heavy (non-hydrogen) atoms. The highest BCUT2D eigenvalue weighted by Gasteiger charge is 2.21. The molecule has 1 aliphatic rings. The van der Waals surface area contributed by atoms with Crippen molar-refractivity contribution in [3.8, 4) is 22.6 Å². The average Bonchev–Trinajstić information content (AvgIpc) is 2.77. The Balaban J connectivity index is 2.27. The van der Waals surface area contributed by atoms with Crippen LogP contribution in [0.5, 0.6) is 11.5 Å². The third kappa shape index (κ3) is 3.08. The molecule has 0 unspecified atom stereocenters. The third-order valence-corrected chi connectivity index (χ3v) is 4.00. The van der Waals surface area contributed by atoms with Crippen molar-refractivity contribution in [3.63, 3.8) is 0 Å². The molecular weight excluding hydrogens is 332 g/mol. The van der Waals surface area contributed by atoms with Crippen LogP contribution < -0.4 is 9.47 Å². The molecular formula is C18H15ClO5. The van der Waals surface area contributed by atoms with Gasteiger partial charge >= 0.3 is 5.97 Å². The predicted octanol–water partition coefficient (Wildman–Crippen LogP) is 4.07. The molecule has 0 aromatic heterocycles. The molecule has 2 aromatic carbocycles. The summed E-state index contributed by atoms with van der Waals surface area (Å²) in [5.74, 6) is -0.315. The summed E-state index contributed by atoms with van der Waals surface area (Å²) < 4.78 is 11.3. The summed E-state index contributed by atoms with van der Waals surface area (Å²) in [5.41, 5.74) is 1.27. The first-order valence-electron chi connectivity index (χ1n) is 7.45. The SMILES string of the molecule is CC(=O)c1cc2c(cc1-c1cc(Cl)ccc1C(=O)O)OCCCO2. The summed E-state index contributed by atoms with van der Waals surface area (Å²) in [5, 5.41) is 9.83. The van der Waals surface area contributed by atoms with Gasteiger partial charge in [0.05, 0.1) is 18.8 Å². The number of Topliss-reactive ketones (excluding diaryl/α,β-unsaturated/α-hetero) is 1. The number of ether oxygens (including phenoxy) is 2. The molecule has 5 nitrogen and oxygen atoms in total. The Kier molecular flexibility index (Phi) is 4.44. The van der Waals surface area contributed by atoms with Crippen LogP contribution in [0, 0.1) is 0 Å². The quantitative estimate of drug-likeness (QED) is 0.848. The lowest BCUT2D eigenvalue weighted by Gasteiger charge is -2.15. The van der Waals surface area contributed by atoms with Crippen molar-refractivity contribution in [3.05, 3.63) is 46.5 Å². The maximum atomic E-state index is 12.1. The van der Waals surface area contributed by atoms with Crippen LogP contribution in [0.2, 0.25) is 5.02 Å². The standard InChI is InChI=1S/C18H15ClO5/c1-10(20)13-8-16-17(24-6-2-5-23-16)9-15(13)14-7-11(19)3-4-12(14)18(21)22/h3-4,7-9H,2,5-6H2,1H3,(H,21,22). The zero-order chi connectivity index (χ0) is 17.3. The lowest BCUT2D eigenvalue weighted by Crippen LogP contribution is -2.04. The molecule has 0 bridgehead atoms. The number of carboxylic acid groups (broad SMARTS) is 1. The van der Waals surface area contributed by atoms with E-state index in [0.29, 0.717) is 46.4 Å². The fraction of sp³-hybridized carbons (Fsp3) is 0.222. The van der Waals surface area contributed by atoms with E-state index >= 15 is 0 Å². The van der Waals surface area contributed by atoms with E-state index < -0.39 is 5.97 Å². The second-order valence-corrected chi connectivity index (χ2v) is 5.88.